The first-order chi connectivity index (χ1) is 12.7. The van der Waals surface area contributed by atoms with E-state index in [-0.39, 0.29) is 6.42 Å². The molecule has 0 saturated heterocycles. The minimum atomic E-state index is -0.824. The number of tetrazole rings is 1. The summed E-state index contributed by atoms with van der Waals surface area (Å²) in [6, 6.07) is 6.48. The van der Waals surface area contributed by atoms with Crippen LogP contribution in [0.3, 0.4) is 0 Å². The SMILES string of the molecule is COc1cccc(C[C@H](C(=O)OCC(=O)OC(C)(C)C)n2nnnc2C)c1. The van der Waals surface area contributed by atoms with E-state index in [0.717, 1.165) is 5.56 Å². The average molecular weight is 376 g/mol. The summed E-state index contributed by atoms with van der Waals surface area (Å²) in [6.07, 6.45) is 0.274. The minimum Gasteiger partial charge on any atom is -0.497 e. The molecule has 0 spiro atoms. The molecule has 9 heteroatoms. The average Bonchev–Trinajstić information content (AvgIpc) is 3.02. The standard InChI is InChI=1S/C18H24N4O5/c1-12-19-20-21-22(12)15(10-13-7-6-8-14(9-13)25-5)17(24)26-11-16(23)27-18(2,3)4/h6-9,15H,10-11H2,1-5H3/t15-/m1/s1. The third-order valence-corrected chi connectivity index (χ3v) is 3.54. The zero-order chi connectivity index (χ0) is 20.0. The molecular formula is C18H24N4O5. The second-order valence-corrected chi connectivity index (χ2v) is 6.94. The normalized spacial score (nSPS) is 12.3. The predicted molar refractivity (Wildman–Crippen MR) is 95.1 cm³/mol. The molecule has 9 nitrogen and oxygen atoms in total. The molecule has 1 atom stereocenters. The maximum absolute atomic E-state index is 12.6. The zero-order valence-corrected chi connectivity index (χ0v) is 16.1. The van der Waals surface area contributed by atoms with Crippen molar-refractivity contribution in [3.63, 3.8) is 0 Å². The van der Waals surface area contributed by atoms with Gasteiger partial charge in [0.05, 0.1) is 7.11 Å². The molecule has 2 aromatic rings. The second kappa shape index (κ2) is 8.61. The Labute approximate surface area is 157 Å². The summed E-state index contributed by atoms with van der Waals surface area (Å²) in [6.45, 7) is 6.42. The largest absolute Gasteiger partial charge is 0.497 e. The highest BCUT2D eigenvalue weighted by molar-refractivity contribution is 5.79. The molecule has 0 bridgehead atoms. The maximum atomic E-state index is 12.6. The summed E-state index contributed by atoms with van der Waals surface area (Å²) in [5, 5.41) is 11.3. The van der Waals surface area contributed by atoms with Gasteiger partial charge in [-0.15, -0.1) is 5.10 Å². The molecule has 0 amide bonds. The molecule has 1 aromatic carbocycles. The lowest BCUT2D eigenvalue weighted by Crippen LogP contribution is -2.31. The number of carbonyl (C=O) groups is 2. The van der Waals surface area contributed by atoms with Gasteiger partial charge in [0.1, 0.15) is 17.2 Å². The van der Waals surface area contributed by atoms with E-state index >= 15 is 0 Å². The van der Waals surface area contributed by atoms with Gasteiger partial charge < -0.3 is 14.2 Å². The molecule has 0 saturated carbocycles. The van der Waals surface area contributed by atoms with Gasteiger partial charge in [-0.2, -0.15) is 0 Å². The van der Waals surface area contributed by atoms with Gasteiger partial charge >= 0.3 is 11.9 Å². The summed E-state index contributed by atoms with van der Waals surface area (Å²) in [4.78, 5) is 24.5. The number of hydrogen-bond donors (Lipinski definition) is 0. The van der Waals surface area contributed by atoms with Crippen LogP contribution < -0.4 is 4.74 Å². The lowest BCUT2D eigenvalue weighted by molar-refractivity contribution is -0.168. The summed E-state index contributed by atoms with van der Waals surface area (Å²) < 4.78 is 16.9. The van der Waals surface area contributed by atoms with Gasteiger partial charge in [-0.05, 0) is 55.8 Å². The molecule has 0 aliphatic carbocycles. The smallest absolute Gasteiger partial charge is 0.344 e. The molecule has 0 aliphatic rings. The van der Waals surface area contributed by atoms with Gasteiger partial charge in [0, 0.05) is 6.42 Å². The molecule has 146 valence electrons. The van der Waals surface area contributed by atoms with E-state index < -0.39 is 30.2 Å². The van der Waals surface area contributed by atoms with Crippen LogP contribution >= 0.6 is 0 Å². The molecular weight excluding hydrogens is 352 g/mol. The van der Waals surface area contributed by atoms with Crippen LogP contribution in [-0.2, 0) is 25.5 Å². The van der Waals surface area contributed by atoms with Gasteiger partial charge in [0.25, 0.3) is 0 Å². The van der Waals surface area contributed by atoms with Gasteiger partial charge in [0.2, 0.25) is 0 Å². The van der Waals surface area contributed by atoms with Crippen molar-refractivity contribution in [2.45, 2.75) is 45.8 Å². The maximum Gasteiger partial charge on any atom is 0.344 e. The zero-order valence-electron chi connectivity index (χ0n) is 16.1. The molecule has 1 heterocycles. The third-order valence-electron chi connectivity index (χ3n) is 3.54. The Morgan fingerprint density at radius 2 is 2.00 bits per heavy atom. The number of hydrogen-bond acceptors (Lipinski definition) is 8. The Kier molecular flexibility index (Phi) is 6.49. The number of esters is 2. The second-order valence-electron chi connectivity index (χ2n) is 6.94. The van der Waals surface area contributed by atoms with Crippen molar-refractivity contribution in [3.05, 3.63) is 35.7 Å². The molecule has 27 heavy (non-hydrogen) atoms. The van der Waals surface area contributed by atoms with Gasteiger partial charge in [-0.1, -0.05) is 12.1 Å². The molecule has 0 unspecified atom stereocenters. The fourth-order valence-corrected chi connectivity index (χ4v) is 2.42. The monoisotopic (exact) mass is 376 g/mol. The van der Waals surface area contributed by atoms with E-state index in [9.17, 15) is 9.59 Å². The number of aromatic nitrogens is 4. The predicted octanol–water partition coefficient (Wildman–Crippen LogP) is 1.66. The molecule has 2 rings (SSSR count). The first-order valence-corrected chi connectivity index (χ1v) is 8.45. The Morgan fingerprint density at radius 1 is 1.26 bits per heavy atom. The Morgan fingerprint density at radius 3 is 2.59 bits per heavy atom. The Hall–Kier alpha value is -2.97. The minimum absolute atomic E-state index is 0.274. The van der Waals surface area contributed by atoms with Gasteiger partial charge in [0.15, 0.2) is 12.6 Å². The third kappa shape index (κ3) is 6.05. The highest BCUT2D eigenvalue weighted by Gasteiger charge is 2.27. The van der Waals surface area contributed by atoms with E-state index in [0.29, 0.717) is 11.6 Å². The fourth-order valence-electron chi connectivity index (χ4n) is 2.42. The van der Waals surface area contributed by atoms with E-state index in [4.69, 9.17) is 14.2 Å². The fraction of sp³-hybridized carbons (Fsp3) is 0.500. The van der Waals surface area contributed by atoms with Crippen LogP contribution in [0.5, 0.6) is 5.75 Å². The van der Waals surface area contributed by atoms with Crippen LogP contribution in [-0.4, -0.2) is 51.5 Å². The Balaban J connectivity index is 2.14. The quantitative estimate of drug-likeness (QED) is 0.672. The summed E-state index contributed by atoms with van der Waals surface area (Å²) >= 11 is 0. The number of aryl methyl sites for hydroxylation is 1. The highest BCUT2D eigenvalue weighted by Crippen LogP contribution is 2.20. The lowest BCUT2D eigenvalue weighted by Gasteiger charge is -2.20. The van der Waals surface area contributed by atoms with E-state index in [1.54, 1.807) is 34.8 Å². The number of rotatable bonds is 7. The van der Waals surface area contributed by atoms with Crippen LogP contribution in [0.2, 0.25) is 0 Å². The van der Waals surface area contributed by atoms with Crippen LogP contribution in [0.4, 0.5) is 0 Å². The number of nitrogens with zero attached hydrogens (tertiary/aromatic N) is 4. The molecule has 0 aliphatic heterocycles. The highest BCUT2D eigenvalue weighted by atomic mass is 16.6. The number of carbonyl (C=O) groups excluding carboxylic acids is 2. The van der Waals surface area contributed by atoms with E-state index in [1.165, 1.54) is 4.68 Å². The van der Waals surface area contributed by atoms with Crippen LogP contribution in [0.1, 0.15) is 38.2 Å². The Bertz CT molecular complexity index is 797. The molecule has 0 fully saturated rings. The molecule has 1 aromatic heterocycles. The summed E-state index contributed by atoms with van der Waals surface area (Å²) in [5.41, 5.74) is 0.180. The van der Waals surface area contributed by atoms with Crippen molar-refractivity contribution in [2.24, 2.45) is 0 Å². The molecule has 0 N–H and O–H groups in total. The van der Waals surface area contributed by atoms with Crippen molar-refractivity contribution < 1.29 is 23.8 Å². The van der Waals surface area contributed by atoms with Gasteiger partial charge in [-0.3, -0.25) is 0 Å². The number of methoxy groups -OCH3 is 1. The van der Waals surface area contributed by atoms with Crippen molar-refractivity contribution >= 4 is 11.9 Å². The van der Waals surface area contributed by atoms with Crippen molar-refractivity contribution in [1.29, 1.82) is 0 Å². The van der Waals surface area contributed by atoms with E-state index in [1.807, 2.05) is 24.3 Å². The van der Waals surface area contributed by atoms with Crippen LogP contribution in [0.15, 0.2) is 24.3 Å². The lowest BCUT2D eigenvalue weighted by atomic mass is 10.1. The van der Waals surface area contributed by atoms with Gasteiger partial charge in [-0.25, -0.2) is 14.3 Å². The van der Waals surface area contributed by atoms with Crippen LogP contribution in [0, 0.1) is 6.92 Å². The molecule has 0 radical (unpaired) electrons. The first kappa shape index (κ1) is 20.3. The summed E-state index contributed by atoms with van der Waals surface area (Å²) in [7, 11) is 1.57. The number of benzene rings is 1. The summed E-state index contributed by atoms with van der Waals surface area (Å²) in [5.74, 6) is -0.123. The van der Waals surface area contributed by atoms with Crippen LogP contribution in [0.25, 0.3) is 0 Å². The van der Waals surface area contributed by atoms with Crippen molar-refractivity contribution in [1.82, 2.24) is 20.2 Å². The number of ether oxygens (including phenoxy) is 3. The first-order valence-electron chi connectivity index (χ1n) is 8.45. The van der Waals surface area contributed by atoms with Crippen molar-refractivity contribution in [2.75, 3.05) is 13.7 Å². The topological polar surface area (TPSA) is 105 Å². The van der Waals surface area contributed by atoms with Crippen molar-refractivity contribution in [3.8, 4) is 5.75 Å². The van der Waals surface area contributed by atoms with E-state index in [2.05, 4.69) is 15.5 Å².